The summed E-state index contributed by atoms with van der Waals surface area (Å²) in [5.74, 6) is 3.29. The first-order chi connectivity index (χ1) is 8.81. The van der Waals surface area contributed by atoms with Crippen LogP contribution in [-0.4, -0.2) is 46.6 Å². The lowest BCUT2D eigenvalue weighted by molar-refractivity contribution is -0.135. The van der Waals surface area contributed by atoms with Crippen molar-refractivity contribution in [3.63, 3.8) is 0 Å². The van der Waals surface area contributed by atoms with Crippen LogP contribution in [0.15, 0.2) is 0 Å². The molecule has 104 valence electrons. The van der Waals surface area contributed by atoms with Gasteiger partial charge in [0, 0.05) is 13.0 Å². The summed E-state index contributed by atoms with van der Waals surface area (Å²) in [4.78, 5) is 14.4. The van der Waals surface area contributed by atoms with E-state index in [4.69, 9.17) is 0 Å². The average molecular weight is 271 g/mol. The number of hydrogen-bond acceptors (Lipinski definition) is 3. The lowest BCUT2D eigenvalue weighted by Crippen LogP contribution is -2.42. The summed E-state index contributed by atoms with van der Waals surface area (Å²) in [5.41, 5.74) is 0. The molecular formula is C14H25NO2S. The van der Waals surface area contributed by atoms with Gasteiger partial charge in [-0.15, -0.1) is 0 Å². The Kier molecular flexibility index (Phi) is 5.83. The zero-order valence-electron chi connectivity index (χ0n) is 11.1. The van der Waals surface area contributed by atoms with Crippen molar-refractivity contribution < 1.29 is 9.90 Å². The zero-order chi connectivity index (χ0) is 12.8. The van der Waals surface area contributed by atoms with Crippen LogP contribution in [0, 0.1) is 5.92 Å². The highest BCUT2D eigenvalue weighted by Gasteiger charge is 2.27. The lowest BCUT2D eigenvalue weighted by atomic mass is 9.97. The van der Waals surface area contributed by atoms with Crippen molar-refractivity contribution in [2.75, 3.05) is 24.7 Å². The number of likely N-dealkylation sites (tertiary alicyclic amines) is 1. The topological polar surface area (TPSA) is 40.5 Å². The Morgan fingerprint density at radius 3 is 2.67 bits per heavy atom. The first-order valence-electron chi connectivity index (χ1n) is 7.29. The molecule has 1 N–H and O–H groups in total. The van der Waals surface area contributed by atoms with Gasteiger partial charge >= 0.3 is 0 Å². The molecule has 2 aliphatic rings. The molecular weight excluding hydrogens is 246 g/mol. The summed E-state index contributed by atoms with van der Waals surface area (Å²) in [5, 5.41) is 9.44. The van der Waals surface area contributed by atoms with E-state index in [0.717, 1.165) is 25.8 Å². The minimum atomic E-state index is 0.0814. The molecule has 0 aliphatic carbocycles. The fourth-order valence-electron chi connectivity index (χ4n) is 3.01. The van der Waals surface area contributed by atoms with Crippen LogP contribution < -0.4 is 0 Å². The standard InChI is InChI=1S/C14H25NO2S/c16-11-13-4-2-1-3-7-15(13)14(17)10-12-5-8-18-9-6-12/h12-13,16H,1-11H2. The molecule has 2 rings (SSSR count). The Hall–Kier alpha value is -0.220. The van der Waals surface area contributed by atoms with Crippen LogP contribution in [0.5, 0.6) is 0 Å². The van der Waals surface area contributed by atoms with Gasteiger partial charge in [-0.1, -0.05) is 12.8 Å². The fraction of sp³-hybridized carbons (Fsp3) is 0.929. The number of nitrogens with zero attached hydrogens (tertiary/aromatic N) is 1. The van der Waals surface area contributed by atoms with Crippen molar-refractivity contribution >= 4 is 17.7 Å². The molecule has 1 unspecified atom stereocenters. The maximum atomic E-state index is 12.4. The van der Waals surface area contributed by atoms with Gasteiger partial charge < -0.3 is 10.0 Å². The highest BCUT2D eigenvalue weighted by Crippen LogP contribution is 2.27. The molecule has 0 aromatic heterocycles. The summed E-state index contributed by atoms with van der Waals surface area (Å²) in [7, 11) is 0. The third-order valence-corrected chi connectivity index (χ3v) is 5.26. The number of rotatable bonds is 3. The molecule has 0 radical (unpaired) electrons. The van der Waals surface area contributed by atoms with Gasteiger partial charge in [-0.2, -0.15) is 11.8 Å². The molecule has 2 heterocycles. The second kappa shape index (κ2) is 7.39. The van der Waals surface area contributed by atoms with Crippen LogP contribution in [0.25, 0.3) is 0 Å². The normalized spacial score (nSPS) is 26.9. The van der Waals surface area contributed by atoms with Gasteiger partial charge in [-0.3, -0.25) is 4.79 Å². The molecule has 0 spiro atoms. The van der Waals surface area contributed by atoms with E-state index in [1.165, 1.54) is 30.8 Å². The molecule has 2 saturated heterocycles. The van der Waals surface area contributed by atoms with Crippen molar-refractivity contribution in [1.82, 2.24) is 4.90 Å². The number of aliphatic hydroxyl groups is 1. The van der Waals surface area contributed by atoms with Gasteiger partial charge in [0.1, 0.15) is 0 Å². The Balaban J connectivity index is 1.88. The first kappa shape index (κ1) is 14.2. The Morgan fingerprint density at radius 1 is 1.17 bits per heavy atom. The van der Waals surface area contributed by atoms with Gasteiger partial charge in [0.15, 0.2) is 0 Å². The van der Waals surface area contributed by atoms with Crippen molar-refractivity contribution in [1.29, 1.82) is 0 Å². The zero-order valence-corrected chi connectivity index (χ0v) is 12.0. The predicted octanol–water partition coefficient (Wildman–Crippen LogP) is 2.28. The van der Waals surface area contributed by atoms with Crippen molar-refractivity contribution in [3.8, 4) is 0 Å². The average Bonchev–Trinajstić information content (AvgIpc) is 2.64. The monoisotopic (exact) mass is 271 g/mol. The van der Waals surface area contributed by atoms with E-state index in [1.54, 1.807) is 0 Å². The van der Waals surface area contributed by atoms with Crippen molar-refractivity contribution in [3.05, 3.63) is 0 Å². The lowest BCUT2D eigenvalue weighted by Gasteiger charge is -2.31. The quantitative estimate of drug-likeness (QED) is 0.856. The number of thioether (sulfide) groups is 1. The molecule has 1 atom stereocenters. The molecule has 0 bridgehead atoms. The maximum absolute atomic E-state index is 12.4. The number of hydrogen-bond donors (Lipinski definition) is 1. The highest BCUT2D eigenvalue weighted by molar-refractivity contribution is 7.99. The summed E-state index contributed by atoms with van der Waals surface area (Å²) >= 11 is 2.00. The predicted molar refractivity (Wildman–Crippen MR) is 75.7 cm³/mol. The maximum Gasteiger partial charge on any atom is 0.223 e. The molecule has 0 aromatic rings. The number of carbonyl (C=O) groups excluding carboxylic acids is 1. The summed E-state index contributed by atoms with van der Waals surface area (Å²) in [6.45, 7) is 0.984. The van der Waals surface area contributed by atoms with Gasteiger partial charge in [-0.05, 0) is 43.1 Å². The minimum Gasteiger partial charge on any atom is -0.394 e. The molecule has 0 aromatic carbocycles. The van der Waals surface area contributed by atoms with E-state index in [9.17, 15) is 9.90 Å². The minimum absolute atomic E-state index is 0.0814. The van der Waals surface area contributed by atoms with Crippen LogP contribution in [0.3, 0.4) is 0 Å². The number of aliphatic hydroxyl groups excluding tert-OH is 1. The van der Waals surface area contributed by atoms with Crippen LogP contribution in [0.1, 0.15) is 44.9 Å². The summed E-state index contributed by atoms with van der Waals surface area (Å²) in [6, 6.07) is 0.0814. The van der Waals surface area contributed by atoms with E-state index in [-0.39, 0.29) is 18.6 Å². The van der Waals surface area contributed by atoms with E-state index < -0.39 is 0 Å². The van der Waals surface area contributed by atoms with Gasteiger partial charge in [0.2, 0.25) is 5.91 Å². The van der Waals surface area contributed by atoms with Gasteiger partial charge in [-0.25, -0.2) is 0 Å². The van der Waals surface area contributed by atoms with Gasteiger partial charge in [0.05, 0.1) is 12.6 Å². The van der Waals surface area contributed by atoms with E-state index in [0.29, 0.717) is 12.3 Å². The third-order valence-electron chi connectivity index (χ3n) is 4.21. The molecule has 3 nitrogen and oxygen atoms in total. The second-order valence-electron chi connectivity index (χ2n) is 5.53. The highest BCUT2D eigenvalue weighted by atomic mass is 32.2. The molecule has 1 amide bonds. The van der Waals surface area contributed by atoms with E-state index in [1.807, 2.05) is 16.7 Å². The van der Waals surface area contributed by atoms with Crippen molar-refractivity contribution in [2.45, 2.75) is 51.0 Å². The van der Waals surface area contributed by atoms with E-state index in [2.05, 4.69) is 0 Å². The van der Waals surface area contributed by atoms with Crippen LogP contribution in [0.4, 0.5) is 0 Å². The largest absolute Gasteiger partial charge is 0.394 e. The Labute approximate surface area is 114 Å². The molecule has 0 saturated carbocycles. The fourth-order valence-corrected chi connectivity index (χ4v) is 4.21. The van der Waals surface area contributed by atoms with Gasteiger partial charge in [0.25, 0.3) is 0 Å². The SMILES string of the molecule is O=C(CC1CCSCC1)N1CCCCCC1CO. The first-order valence-corrected chi connectivity index (χ1v) is 8.45. The molecule has 4 heteroatoms. The summed E-state index contributed by atoms with van der Waals surface area (Å²) in [6.07, 6.45) is 7.50. The molecule has 2 aliphatic heterocycles. The second-order valence-corrected chi connectivity index (χ2v) is 6.76. The number of amides is 1. The van der Waals surface area contributed by atoms with Crippen LogP contribution in [0.2, 0.25) is 0 Å². The smallest absolute Gasteiger partial charge is 0.223 e. The van der Waals surface area contributed by atoms with Crippen LogP contribution in [-0.2, 0) is 4.79 Å². The van der Waals surface area contributed by atoms with Crippen LogP contribution >= 0.6 is 11.8 Å². The van der Waals surface area contributed by atoms with E-state index >= 15 is 0 Å². The van der Waals surface area contributed by atoms with Crippen molar-refractivity contribution in [2.24, 2.45) is 5.92 Å². The number of carbonyl (C=O) groups is 1. The molecule has 18 heavy (non-hydrogen) atoms. The third kappa shape index (κ3) is 3.89. The Morgan fingerprint density at radius 2 is 1.94 bits per heavy atom. The summed E-state index contributed by atoms with van der Waals surface area (Å²) < 4.78 is 0. The Bertz CT molecular complexity index is 267. The molecule has 2 fully saturated rings.